The van der Waals surface area contributed by atoms with E-state index < -0.39 is 11.4 Å². The maximum atomic E-state index is 13.1. The number of rotatable bonds is 4. The fourth-order valence-electron chi connectivity index (χ4n) is 4.26. The molecule has 142 valence electrons. The van der Waals surface area contributed by atoms with Gasteiger partial charge in [0.15, 0.2) is 0 Å². The summed E-state index contributed by atoms with van der Waals surface area (Å²) in [4.78, 5) is 27.0. The minimum absolute atomic E-state index is 0.0713. The van der Waals surface area contributed by atoms with Crippen LogP contribution in [0.4, 0.5) is 0 Å². The van der Waals surface area contributed by atoms with E-state index in [9.17, 15) is 14.7 Å². The third kappa shape index (κ3) is 2.60. The summed E-state index contributed by atoms with van der Waals surface area (Å²) in [6.07, 6.45) is 2.52. The van der Waals surface area contributed by atoms with Crippen molar-refractivity contribution >= 4 is 11.9 Å². The predicted octanol–water partition coefficient (Wildman–Crippen LogP) is 2.30. The van der Waals surface area contributed by atoms with Gasteiger partial charge in [-0.15, -0.1) is 0 Å². The zero-order valence-corrected chi connectivity index (χ0v) is 15.5. The summed E-state index contributed by atoms with van der Waals surface area (Å²) in [5, 5.41) is 14.3. The van der Waals surface area contributed by atoms with Gasteiger partial charge in [0, 0.05) is 36.8 Å². The zero-order valence-electron chi connectivity index (χ0n) is 15.5. The first-order valence-corrected chi connectivity index (χ1v) is 9.24. The molecule has 0 saturated carbocycles. The third-order valence-electron chi connectivity index (χ3n) is 5.80. The number of hydrogen-bond donors (Lipinski definition) is 1. The van der Waals surface area contributed by atoms with Crippen LogP contribution in [0.3, 0.4) is 0 Å². The molecule has 0 aliphatic carbocycles. The Morgan fingerprint density at radius 1 is 1.37 bits per heavy atom. The first-order chi connectivity index (χ1) is 13.0. The van der Waals surface area contributed by atoms with E-state index in [1.165, 1.54) is 0 Å². The summed E-state index contributed by atoms with van der Waals surface area (Å²) >= 11 is 0. The van der Waals surface area contributed by atoms with Gasteiger partial charge in [0.1, 0.15) is 17.8 Å². The van der Waals surface area contributed by atoms with Crippen LogP contribution in [0.15, 0.2) is 30.5 Å². The average molecular weight is 369 g/mol. The van der Waals surface area contributed by atoms with Crippen molar-refractivity contribution in [1.82, 2.24) is 14.7 Å². The lowest BCUT2D eigenvalue weighted by molar-refractivity contribution is -0.151. The first kappa shape index (κ1) is 17.6. The van der Waals surface area contributed by atoms with Crippen molar-refractivity contribution in [3.63, 3.8) is 0 Å². The van der Waals surface area contributed by atoms with Crippen molar-refractivity contribution in [3.8, 4) is 5.75 Å². The molecular weight excluding hydrogens is 346 g/mol. The van der Waals surface area contributed by atoms with Gasteiger partial charge in [0.05, 0.1) is 11.8 Å². The van der Waals surface area contributed by atoms with Crippen LogP contribution in [0.2, 0.25) is 0 Å². The number of carbonyl (C=O) groups is 2. The molecule has 1 saturated heterocycles. The smallest absolute Gasteiger partial charge is 0.315 e. The number of aliphatic carboxylic acids is 1. The van der Waals surface area contributed by atoms with Crippen molar-refractivity contribution in [1.29, 1.82) is 0 Å². The number of aryl methyl sites for hydroxylation is 1. The Balaban J connectivity index is 1.68. The number of para-hydroxylation sites is 1. The molecule has 3 heterocycles. The van der Waals surface area contributed by atoms with Gasteiger partial charge < -0.3 is 14.7 Å². The fourth-order valence-corrected chi connectivity index (χ4v) is 4.26. The fraction of sp³-hybridized carbons (Fsp3) is 0.450. The number of amides is 1. The first-order valence-electron chi connectivity index (χ1n) is 9.24. The number of ether oxygens (including phenoxy) is 1. The van der Waals surface area contributed by atoms with Gasteiger partial charge in [0.2, 0.25) is 0 Å². The minimum atomic E-state index is -1.11. The third-order valence-corrected chi connectivity index (χ3v) is 5.80. The Morgan fingerprint density at radius 3 is 2.89 bits per heavy atom. The van der Waals surface area contributed by atoms with E-state index in [2.05, 4.69) is 12.0 Å². The second kappa shape index (κ2) is 6.40. The van der Waals surface area contributed by atoms with Gasteiger partial charge in [-0.25, -0.2) is 0 Å². The number of likely N-dealkylation sites (tertiary alicyclic amines) is 1. The normalized spacial score (nSPS) is 23.5. The molecule has 4 rings (SSSR count). The van der Waals surface area contributed by atoms with E-state index in [-0.39, 0.29) is 25.0 Å². The molecule has 7 heteroatoms. The Morgan fingerprint density at radius 2 is 2.15 bits per heavy atom. The summed E-state index contributed by atoms with van der Waals surface area (Å²) in [6.45, 7) is 5.26. The summed E-state index contributed by atoms with van der Waals surface area (Å²) < 4.78 is 7.58. The maximum absolute atomic E-state index is 13.1. The molecule has 27 heavy (non-hydrogen) atoms. The number of nitrogens with zero attached hydrogens (tertiary/aromatic N) is 3. The second-order valence-corrected chi connectivity index (χ2v) is 7.39. The molecule has 7 nitrogen and oxygen atoms in total. The summed E-state index contributed by atoms with van der Waals surface area (Å²) in [5.74, 6) is -0.659. The summed E-state index contributed by atoms with van der Waals surface area (Å²) in [7, 11) is 0. The van der Waals surface area contributed by atoms with E-state index in [4.69, 9.17) is 4.74 Å². The van der Waals surface area contributed by atoms with Gasteiger partial charge in [-0.05, 0) is 19.4 Å². The maximum Gasteiger partial charge on any atom is 0.315 e. The molecule has 0 unspecified atom stereocenters. The van der Waals surface area contributed by atoms with Crippen LogP contribution in [0, 0.1) is 12.3 Å². The predicted molar refractivity (Wildman–Crippen MR) is 97.9 cm³/mol. The van der Waals surface area contributed by atoms with E-state index in [0.29, 0.717) is 17.9 Å². The second-order valence-electron chi connectivity index (χ2n) is 7.39. The molecule has 2 atom stereocenters. The molecular formula is C20H23N3O4. The largest absolute Gasteiger partial charge is 0.492 e. The van der Waals surface area contributed by atoms with Gasteiger partial charge >= 0.3 is 5.97 Å². The van der Waals surface area contributed by atoms with Crippen LogP contribution < -0.4 is 4.74 Å². The van der Waals surface area contributed by atoms with Crippen LogP contribution in [0.5, 0.6) is 5.75 Å². The van der Waals surface area contributed by atoms with E-state index in [1.807, 2.05) is 35.9 Å². The van der Waals surface area contributed by atoms with Crippen molar-refractivity contribution in [2.24, 2.45) is 5.41 Å². The van der Waals surface area contributed by atoms with E-state index >= 15 is 0 Å². The van der Waals surface area contributed by atoms with Gasteiger partial charge in [-0.2, -0.15) is 5.10 Å². The molecule has 2 aromatic rings. The highest BCUT2D eigenvalue weighted by molar-refractivity contribution is 5.96. The molecule has 2 aliphatic rings. The number of benzene rings is 1. The highest BCUT2D eigenvalue weighted by Gasteiger charge is 2.57. The number of carboxylic acids is 1. The Bertz CT molecular complexity index is 906. The average Bonchev–Trinajstić information content (AvgIpc) is 3.24. The van der Waals surface area contributed by atoms with Crippen LogP contribution in [-0.2, 0) is 11.3 Å². The topological polar surface area (TPSA) is 84.7 Å². The number of carboxylic acid groups (broad SMARTS) is 1. The molecule has 1 aromatic carbocycles. The SMILES string of the molecule is CCCn1ncc(C(=O)N2C[C@@H]3c4ccccc4OC[C@]3(C(=O)O)C2)c1C. The van der Waals surface area contributed by atoms with E-state index in [1.54, 1.807) is 11.1 Å². The van der Waals surface area contributed by atoms with Crippen molar-refractivity contribution in [2.45, 2.75) is 32.7 Å². The molecule has 0 bridgehead atoms. The molecule has 1 fully saturated rings. The quantitative estimate of drug-likeness (QED) is 0.894. The van der Waals surface area contributed by atoms with Gasteiger partial charge in [-0.3, -0.25) is 14.3 Å². The Kier molecular flexibility index (Phi) is 4.17. The molecule has 0 spiro atoms. The molecule has 1 N–H and O–H groups in total. The Labute approximate surface area is 157 Å². The number of aromatic nitrogens is 2. The lowest BCUT2D eigenvalue weighted by Crippen LogP contribution is -2.46. The number of hydrogen-bond acceptors (Lipinski definition) is 4. The Hall–Kier alpha value is -2.83. The number of carbonyl (C=O) groups excluding carboxylic acids is 1. The zero-order chi connectivity index (χ0) is 19.2. The standard InChI is InChI=1S/C20H23N3O4/c1-3-8-23-13(2)15(9-21-23)18(24)22-10-16-14-6-4-5-7-17(14)27-12-20(16,11-22)19(25)26/h4-7,9,16H,3,8,10-12H2,1-2H3,(H,25,26)/t16-,20-/m1/s1. The lowest BCUT2D eigenvalue weighted by Gasteiger charge is -2.35. The van der Waals surface area contributed by atoms with Gasteiger partial charge in [0.25, 0.3) is 5.91 Å². The molecule has 1 aromatic heterocycles. The highest BCUT2D eigenvalue weighted by Crippen LogP contribution is 2.49. The van der Waals surface area contributed by atoms with E-state index in [0.717, 1.165) is 24.2 Å². The lowest BCUT2D eigenvalue weighted by atomic mass is 9.73. The van der Waals surface area contributed by atoms with Crippen molar-refractivity contribution in [2.75, 3.05) is 19.7 Å². The summed E-state index contributed by atoms with van der Waals surface area (Å²) in [6, 6.07) is 7.50. The van der Waals surface area contributed by atoms with Crippen LogP contribution in [-0.4, -0.2) is 51.4 Å². The molecule has 0 radical (unpaired) electrons. The van der Waals surface area contributed by atoms with Crippen molar-refractivity contribution in [3.05, 3.63) is 47.3 Å². The van der Waals surface area contributed by atoms with Crippen LogP contribution >= 0.6 is 0 Å². The minimum Gasteiger partial charge on any atom is -0.492 e. The highest BCUT2D eigenvalue weighted by atomic mass is 16.5. The summed E-state index contributed by atoms with van der Waals surface area (Å²) in [5.41, 5.74) is 1.10. The monoisotopic (exact) mass is 369 g/mol. The van der Waals surface area contributed by atoms with Crippen LogP contribution in [0.1, 0.15) is 40.9 Å². The van der Waals surface area contributed by atoms with Crippen LogP contribution in [0.25, 0.3) is 0 Å². The molecule has 2 aliphatic heterocycles. The van der Waals surface area contributed by atoms with Crippen molar-refractivity contribution < 1.29 is 19.4 Å². The molecule has 1 amide bonds. The number of fused-ring (bicyclic) bond motifs is 3. The van der Waals surface area contributed by atoms with Gasteiger partial charge in [-0.1, -0.05) is 25.1 Å².